The molecule has 25 heavy (non-hydrogen) atoms. The fourth-order valence-corrected chi connectivity index (χ4v) is 3.04. The van der Waals surface area contributed by atoms with Gasteiger partial charge in [-0.25, -0.2) is 4.98 Å². The lowest BCUT2D eigenvalue weighted by molar-refractivity contribution is -0.130. The van der Waals surface area contributed by atoms with E-state index in [9.17, 15) is 10.1 Å². The average Bonchev–Trinajstić information content (AvgIpc) is 2.88. The zero-order chi connectivity index (χ0) is 17.6. The van der Waals surface area contributed by atoms with E-state index in [1.807, 2.05) is 36.1 Å². The topological polar surface area (TPSA) is 73.1 Å². The third kappa shape index (κ3) is 4.13. The lowest BCUT2D eigenvalue weighted by atomic mass is 10.2. The molecule has 1 aliphatic rings. The Bertz CT molecular complexity index is 784. The Morgan fingerprint density at radius 2 is 2.12 bits per heavy atom. The van der Waals surface area contributed by atoms with E-state index in [-0.39, 0.29) is 5.91 Å². The van der Waals surface area contributed by atoms with Crippen LogP contribution < -0.4 is 4.90 Å². The minimum atomic E-state index is 0.118. The first kappa shape index (κ1) is 16.9. The smallest absolute Gasteiger partial charge is 0.227 e. The Hall–Kier alpha value is -2.94. The minimum absolute atomic E-state index is 0.118. The van der Waals surface area contributed by atoms with Crippen molar-refractivity contribution in [1.29, 1.82) is 5.26 Å². The molecule has 0 radical (unpaired) electrons. The highest BCUT2D eigenvalue weighted by molar-refractivity contribution is 5.78. The van der Waals surface area contributed by atoms with Crippen LogP contribution in [0.15, 0.2) is 36.7 Å². The molecule has 0 N–H and O–H groups in total. The first-order chi connectivity index (χ1) is 12.2. The van der Waals surface area contributed by atoms with Gasteiger partial charge in [-0.15, -0.1) is 0 Å². The largest absolute Gasteiger partial charge is 0.354 e. The molecule has 3 rings (SSSR count). The van der Waals surface area contributed by atoms with Gasteiger partial charge in [-0.3, -0.25) is 9.78 Å². The van der Waals surface area contributed by atoms with Gasteiger partial charge in [-0.2, -0.15) is 5.26 Å². The maximum absolute atomic E-state index is 12.6. The number of nitrogens with zero attached hydrogens (tertiary/aromatic N) is 5. The zero-order valence-electron chi connectivity index (χ0n) is 14.4. The lowest BCUT2D eigenvalue weighted by Crippen LogP contribution is -2.36. The number of pyridine rings is 2. The molecular weight excluding hydrogens is 314 g/mol. The van der Waals surface area contributed by atoms with Gasteiger partial charge in [0.1, 0.15) is 11.9 Å². The summed E-state index contributed by atoms with van der Waals surface area (Å²) in [6, 6.07) is 9.65. The number of aromatic nitrogens is 2. The Morgan fingerprint density at radius 1 is 1.24 bits per heavy atom. The summed E-state index contributed by atoms with van der Waals surface area (Å²) in [5.74, 6) is 0.844. The van der Waals surface area contributed by atoms with Crippen LogP contribution in [0.2, 0.25) is 0 Å². The fourth-order valence-electron chi connectivity index (χ4n) is 3.04. The maximum Gasteiger partial charge on any atom is 0.227 e. The molecule has 2 aromatic rings. The molecule has 0 bridgehead atoms. The number of amides is 1. The van der Waals surface area contributed by atoms with Crippen molar-refractivity contribution in [2.24, 2.45) is 0 Å². The number of nitriles is 1. The molecule has 3 heterocycles. The number of aryl methyl sites for hydroxylation is 1. The number of hydrogen-bond acceptors (Lipinski definition) is 5. The minimum Gasteiger partial charge on any atom is -0.354 e. The highest BCUT2D eigenvalue weighted by atomic mass is 16.2. The molecule has 2 aromatic heterocycles. The van der Waals surface area contributed by atoms with Crippen molar-refractivity contribution in [1.82, 2.24) is 14.9 Å². The van der Waals surface area contributed by atoms with Crippen molar-refractivity contribution in [3.05, 3.63) is 53.5 Å². The molecule has 0 atom stereocenters. The van der Waals surface area contributed by atoms with E-state index in [2.05, 4.69) is 20.9 Å². The number of carbonyl (C=O) groups is 1. The second kappa shape index (κ2) is 7.75. The van der Waals surface area contributed by atoms with Crippen molar-refractivity contribution < 1.29 is 4.79 Å². The van der Waals surface area contributed by atoms with Gasteiger partial charge >= 0.3 is 0 Å². The molecule has 1 fully saturated rings. The summed E-state index contributed by atoms with van der Waals surface area (Å²) in [7, 11) is 0. The van der Waals surface area contributed by atoms with E-state index in [1.54, 1.807) is 12.4 Å². The Balaban J connectivity index is 1.67. The molecule has 0 saturated carbocycles. The number of rotatable bonds is 3. The fraction of sp³-hybridized carbons (Fsp3) is 0.368. The first-order valence-electron chi connectivity index (χ1n) is 8.47. The van der Waals surface area contributed by atoms with Crippen LogP contribution in [-0.2, 0) is 11.2 Å². The summed E-state index contributed by atoms with van der Waals surface area (Å²) in [6.07, 6.45) is 4.68. The molecular formula is C19H21N5O. The van der Waals surface area contributed by atoms with Crippen LogP contribution in [-0.4, -0.2) is 47.0 Å². The molecule has 6 nitrogen and oxygen atoms in total. The van der Waals surface area contributed by atoms with Crippen LogP contribution in [0.4, 0.5) is 5.82 Å². The highest BCUT2D eigenvalue weighted by Crippen LogP contribution is 2.20. The van der Waals surface area contributed by atoms with Crippen molar-refractivity contribution in [2.45, 2.75) is 19.8 Å². The Morgan fingerprint density at radius 3 is 2.88 bits per heavy atom. The standard InChI is InChI=1S/C19H21N5O/c1-15-5-6-17(13-20)19(22-15)24-9-3-8-23(10-11-24)18(25)12-16-4-2-7-21-14-16/h2,4-7,14H,3,8-12H2,1H3. The average molecular weight is 335 g/mol. The SMILES string of the molecule is Cc1ccc(C#N)c(N2CCCN(C(=O)Cc3cccnc3)CC2)n1. The molecule has 128 valence electrons. The monoisotopic (exact) mass is 335 g/mol. The van der Waals surface area contributed by atoms with Gasteiger partial charge in [0.05, 0.1) is 12.0 Å². The van der Waals surface area contributed by atoms with Crippen molar-refractivity contribution in [2.75, 3.05) is 31.1 Å². The molecule has 0 unspecified atom stereocenters. The van der Waals surface area contributed by atoms with Crippen LogP contribution in [0, 0.1) is 18.3 Å². The van der Waals surface area contributed by atoms with E-state index in [0.29, 0.717) is 25.1 Å². The molecule has 1 saturated heterocycles. The van der Waals surface area contributed by atoms with Crippen LogP contribution in [0.5, 0.6) is 0 Å². The quantitative estimate of drug-likeness (QED) is 0.857. The van der Waals surface area contributed by atoms with Crippen LogP contribution in [0.1, 0.15) is 23.2 Å². The predicted octanol–water partition coefficient (Wildman–Crippen LogP) is 1.94. The molecule has 1 amide bonds. The van der Waals surface area contributed by atoms with Gasteiger partial charge in [-0.1, -0.05) is 6.07 Å². The van der Waals surface area contributed by atoms with Crippen LogP contribution in [0.25, 0.3) is 0 Å². The number of carbonyl (C=O) groups excluding carboxylic acids is 1. The van der Waals surface area contributed by atoms with Gasteiger partial charge < -0.3 is 9.80 Å². The van der Waals surface area contributed by atoms with E-state index >= 15 is 0 Å². The summed E-state index contributed by atoms with van der Waals surface area (Å²) in [4.78, 5) is 25.2. The lowest BCUT2D eigenvalue weighted by Gasteiger charge is -2.24. The summed E-state index contributed by atoms with van der Waals surface area (Å²) >= 11 is 0. The normalized spacial score (nSPS) is 14.7. The zero-order valence-corrected chi connectivity index (χ0v) is 14.4. The van der Waals surface area contributed by atoms with E-state index in [1.165, 1.54) is 0 Å². The maximum atomic E-state index is 12.6. The number of anilines is 1. The van der Waals surface area contributed by atoms with E-state index in [4.69, 9.17) is 0 Å². The summed E-state index contributed by atoms with van der Waals surface area (Å²) < 4.78 is 0. The van der Waals surface area contributed by atoms with Gasteiger partial charge in [-0.05, 0) is 37.1 Å². The summed E-state index contributed by atoms with van der Waals surface area (Å²) in [5.41, 5.74) is 2.41. The van der Waals surface area contributed by atoms with Crippen LogP contribution >= 0.6 is 0 Å². The van der Waals surface area contributed by atoms with Crippen molar-refractivity contribution in [3.8, 4) is 6.07 Å². The van der Waals surface area contributed by atoms with Gasteiger partial charge in [0, 0.05) is 44.3 Å². The Kier molecular flexibility index (Phi) is 5.24. The van der Waals surface area contributed by atoms with E-state index < -0.39 is 0 Å². The van der Waals surface area contributed by atoms with Crippen molar-refractivity contribution in [3.63, 3.8) is 0 Å². The summed E-state index contributed by atoms with van der Waals surface area (Å²) in [6.45, 7) is 4.76. The second-order valence-corrected chi connectivity index (χ2v) is 6.20. The van der Waals surface area contributed by atoms with Crippen molar-refractivity contribution >= 4 is 11.7 Å². The second-order valence-electron chi connectivity index (χ2n) is 6.20. The van der Waals surface area contributed by atoms with Gasteiger partial charge in [0.2, 0.25) is 5.91 Å². The third-order valence-electron chi connectivity index (χ3n) is 4.36. The molecule has 1 aliphatic heterocycles. The number of hydrogen-bond donors (Lipinski definition) is 0. The molecule has 0 aliphatic carbocycles. The van der Waals surface area contributed by atoms with E-state index in [0.717, 1.165) is 36.6 Å². The van der Waals surface area contributed by atoms with Gasteiger partial charge in [0.15, 0.2) is 0 Å². The molecule has 6 heteroatoms. The molecule has 0 spiro atoms. The summed E-state index contributed by atoms with van der Waals surface area (Å²) in [5, 5.41) is 9.33. The van der Waals surface area contributed by atoms with Crippen LogP contribution in [0.3, 0.4) is 0 Å². The first-order valence-corrected chi connectivity index (χ1v) is 8.47. The molecule has 0 aromatic carbocycles. The predicted molar refractivity (Wildman–Crippen MR) is 95.0 cm³/mol. The Labute approximate surface area is 147 Å². The van der Waals surface area contributed by atoms with Gasteiger partial charge in [0.25, 0.3) is 0 Å². The highest BCUT2D eigenvalue weighted by Gasteiger charge is 2.21. The third-order valence-corrected chi connectivity index (χ3v) is 4.36.